The Morgan fingerprint density at radius 1 is 1.15 bits per heavy atom. The Bertz CT molecular complexity index is 612. The third-order valence-electron chi connectivity index (χ3n) is 3.11. The molecule has 0 spiro atoms. The maximum Gasteiger partial charge on any atom is 0.150 e. The third kappa shape index (κ3) is 3.52. The minimum atomic E-state index is 0.471. The van der Waals surface area contributed by atoms with E-state index in [0.717, 1.165) is 12.2 Å². The number of aryl methyl sites for hydroxylation is 1. The van der Waals surface area contributed by atoms with E-state index in [-0.39, 0.29) is 0 Å². The lowest BCUT2D eigenvalue weighted by atomic mass is 10.1. The number of nitrogens with two attached hydrogens (primary N) is 1. The van der Waals surface area contributed by atoms with E-state index in [2.05, 4.69) is 25.1 Å². The maximum atomic E-state index is 8.80. The zero-order chi connectivity index (χ0) is 14.4. The SMILES string of the molecule is CCCCc1ccc(Oc2ccc(C#N)cc2N)cc1. The first-order valence-corrected chi connectivity index (χ1v) is 6.79. The van der Waals surface area contributed by atoms with Crippen LogP contribution < -0.4 is 10.5 Å². The van der Waals surface area contributed by atoms with Crippen LogP contribution in [0.15, 0.2) is 42.5 Å². The molecule has 0 saturated heterocycles. The van der Waals surface area contributed by atoms with Crippen molar-refractivity contribution in [3.05, 3.63) is 53.6 Å². The van der Waals surface area contributed by atoms with Gasteiger partial charge in [-0.1, -0.05) is 25.5 Å². The van der Waals surface area contributed by atoms with E-state index < -0.39 is 0 Å². The number of nitrogens with zero attached hydrogens (tertiary/aromatic N) is 1. The summed E-state index contributed by atoms with van der Waals surface area (Å²) in [5, 5.41) is 8.80. The molecular formula is C17H18N2O. The summed E-state index contributed by atoms with van der Waals surface area (Å²) in [6, 6.07) is 15.1. The summed E-state index contributed by atoms with van der Waals surface area (Å²) >= 11 is 0. The van der Waals surface area contributed by atoms with Crippen molar-refractivity contribution in [1.82, 2.24) is 0 Å². The molecule has 0 aliphatic rings. The number of hydrogen-bond acceptors (Lipinski definition) is 3. The molecule has 0 fully saturated rings. The Hall–Kier alpha value is -2.47. The summed E-state index contributed by atoms with van der Waals surface area (Å²) in [7, 11) is 0. The van der Waals surface area contributed by atoms with Crippen LogP contribution in [0.3, 0.4) is 0 Å². The Morgan fingerprint density at radius 3 is 2.50 bits per heavy atom. The van der Waals surface area contributed by atoms with Crippen LogP contribution in [-0.2, 0) is 6.42 Å². The van der Waals surface area contributed by atoms with Crippen LogP contribution in [0.2, 0.25) is 0 Å². The van der Waals surface area contributed by atoms with Gasteiger partial charge in [-0.3, -0.25) is 0 Å². The first kappa shape index (κ1) is 14.0. The molecule has 0 unspecified atom stereocenters. The number of anilines is 1. The first-order valence-electron chi connectivity index (χ1n) is 6.79. The molecule has 2 aromatic carbocycles. The van der Waals surface area contributed by atoms with Crippen LogP contribution in [0, 0.1) is 11.3 Å². The number of benzene rings is 2. The van der Waals surface area contributed by atoms with Crippen molar-refractivity contribution in [3.63, 3.8) is 0 Å². The van der Waals surface area contributed by atoms with Crippen molar-refractivity contribution in [1.29, 1.82) is 5.26 Å². The average Bonchev–Trinajstić information content (AvgIpc) is 2.48. The van der Waals surface area contributed by atoms with Gasteiger partial charge in [-0.25, -0.2) is 0 Å². The van der Waals surface area contributed by atoms with E-state index in [4.69, 9.17) is 15.7 Å². The van der Waals surface area contributed by atoms with Gasteiger partial charge in [-0.15, -0.1) is 0 Å². The molecule has 0 saturated carbocycles. The largest absolute Gasteiger partial charge is 0.455 e. The molecule has 102 valence electrons. The maximum absolute atomic E-state index is 8.80. The Kier molecular flexibility index (Phi) is 4.62. The van der Waals surface area contributed by atoms with Crippen LogP contribution in [0.1, 0.15) is 30.9 Å². The second kappa shape index (κ2) is 6.63. The molecule has 3 nitrogen and oxygen atoms in total. The lowest BCUT2D eigenvalue weighted by Gasteiger charge is -2.09. The quantitative estimate of drug-likeness (QED) is 0.822. The molecule has 0 heterocycles. The molecule has 20 heavy (non-hydrogen) atoms. The smallest absolute Gasteiger partial charge is 0.150 e. The van der Waals surface area contributed by atoms with Gasteiger partial charge in [-0.05, 0) is 48.7 Å². The van der Waals surface area contributed by atoms with Crippen molar-refractivity contribution in [2.45, 2.75) is 26.2 Å². The molecule has 0 aliphatic carbocycles. The van der Waals surface area contributed by atoms with Crippen LogP contribution in [0.5, 0.6) is 11.5 Å². The predicted molar refractivity (Wildman–Crippen MR) is 80.7 cm³/mol. The highest BCUT2D eigenvalue weighted by molar-refractivity contribution is 5.57. The van der Waals surface area contributed by atoms with Gasteiger partial charge < -0.3 is 10.5 Å². The number of rotatable bonds is 5. The van der Waals surface area contributed by atoms with Crippen molar-refractivity contribution in [3.8, 4) is 17.6 Å². The lowest BCUT2D eigenvalue weighted by molar-refractivity contribution is 0.485. The Labute approximate surface area is 119 Å². The van der Waals surface area contributed by atoms with Crippen molar-refractivity contribution in [2.75, 3.05) is 5.73 Å². The molecule has 0 amide bonds. The van der Waals surface area contributed by atoms with E-state index >= 15 is 0 Å². The summed E-state index contributed by atoms with van der Waals surface area (Å²) in [6.07, 6.45) is 3.48. The fourth-order valence-electron chi connectivity index (χ4n) is 1.94. The molecule has 2 rings (SSSR count). The van der Waals surface area contributed by atoms with Gasteiger partial charge >= 0.3 is 0 Å². The average molecular weight is 266 g/mol. The number of nitriles is 1. The van der Waals surface area contributed by atoms with Crippen molar-refractivity contribution < 1.29 is 4.74 Å². The van der Waals surface area contributed by atoms with Gasteiger partial charge in [0.05, 0.1) is 17.3 Å². The van der Waals surface area contributed by atoms with Gasteiger partial charge in [0.15, 0.2) is 0 Å². The van der Waals surface area contributed by atoms with Gasteiger partial charge in [-0.2, -0.15) is 5.26 Å². The zero-order valence-electron chi connectivity index (χ0n) is 11.6. The number of ether oxygens (including phenoxy) is 1. The summed E-state index contributed by atoms with van der Waals surface area (Å²) < 4.78 is 5.73. The fourth-order valence-corrected chi connectivity index (χ4v) is 1.94. The number of hydrogen-bond donors (Lipinski definition) is 1. The topological polar surface area (TPSA) is 59.0 Å². The van der Waals surface area contributed by atoms with Gasteiger partial charge in [0.2, 0.25) is 0 Å². The second-order valence-corrected chi connectivity index (χ2v) is 4.71. The van der Waals surface area contributed by atoms with E-state index in [1.807, 2.05) is 12.1 Å². The predicted octanol–water partition coefficient (Wildman–Crippen LogP) is 4.28. The number of unbranched alkanes of at least 4 members (excludes halogenated alkanes) is 1. The lowest BCUT2D eigenvalue weighted by Crippen LogP contribution is -1.93. The van der Waals surface area contributed by atoms with Crippen molar-refractivity contribution >= 4 is 5.69 Å². The van der Waals surface area contributed by atoms with Gasteiger partial charge in [0, 0.05) is 0 Å². The summed E-state index contributed by atoms with van der Waals surface area (Å²) in [6.45, 7) is 2.19. The molecule has 3 heteroatoms. The molecule has 0 bridgehead atoms. The minimum Gasteiger partial charge on any atom is -0.455 e. The zero-order valence-corrected chi connectivity index (χ0v) is 11.6. The molecular weight excluding hydrogens is 248 g/mol. The normalized spacial score (nSPS) is 10.0. The molecule has 2 aromatic rings. The molecule has 0 atom stereocenters. The van der Waals surface area contributed by atoms with Gasteiger partial charge in [0.1, 0.15) is 11.5 Å². The summed E-state index contributed by atoms with van der Waals surface area (Å²) in [5.74, 6) is 1.33. The van der Waals surface area contributed by atoms with Crippen molar-refractivity contribution in [2.24, 2.45) is 0 Å². The Balaban J connectivity index is 2.08. The highest BCUT2D eigenvalue weighted by Crippen LogP contribution is 2.28. The number of nitrogen functional groups attached to an aromatic ring is 1. The van der Waals surface area contributed by atoms with Crippen LogP contribution in [-0.4, -0.2) is 0 Å². The Morgan fingerprint density at radius 2 is 1.90 bits per heavy atom. The minimum absolute atomic E-state index is 0.471. The highest BCUT2D eigenvalue weighted by Gasteiger charge is 2.03. The molecule has 0 aromatic heterocycles. The molecule has 0 aliphatic heterocycles. The van der Waals surface area contributed by atoms with E-state index in [0.29, 0.717) is 17.0 Å². The summed E-state index contributed by atoms with van der Waals surface area (Å²) in [4.78, 5) is 0. The standard InChI is InChI=1S/C17H18N2O/c1-2-3-4-13-5-8-15(9-6-13)20-17-10-7-14(12-18)11-16(17)19/h5-11H,2-4,19H2,1H3. The molecule has 0 radical (unpaired) electrons. The second-order valence-electron chi connectivity index (χ2n) is 4.71. The van der Waals surface area contributed by atoms with Gasteiger partial charge in [0.25, 0.3) is 0 Å². The fraction of sp³-hybridized carbons (Fsp3) is 0.235. The third-order valence-corrected chi connectivity index (χ3v) is 3.11. The van der Waals surface area contributed by atoms with Crippen LogP contribution >= 0.6 is 0 Å². The van der Waals surface area contributed by atoms with E-state index in [1.165, 1.54) is 18.4 Å². The molecule has 2 N–H and O–H groups in total. The van der Waals surface area contributed by atoms with E-state index in [9.17, 15) is 0 Å². The summed E-state index contributed by atoms with van der Waals surface area (Å²) in [5.41, 5.74) is 8.18. The van der Waals surface area contributed by atoms with Crippen LogP contribution in [0.4, 0.5) is 5.69 Å². The van der Waals surface area contributed by atoms with E-state index in [1.54, 1.807) is 18.2 Å². The highest BCUT2D eigenvalue weighted by atomic mass is 16.5. The monoisotopic (exact) mass is 266 g/mol. The first-order chi connectivity index (χ1) is 9.72. The van der Waals surface area contributed by atoms with Crippen LogP contribution in [0.25, 0.3) is 0 Å².